The van der Waals surface area contributed by atoms with Crippen LogP contribution in [-0.2, 0) is 16.1 Å². The minimum atomic E-state index is -1.08. The number of nitrogens with zero attached hydrogens (tertiary/aromatic N) is 1. The monoisotopic (exact) mass is 342 g/mol. The number of rotatable bonds is 5. The van der Waals surface area contributed by atoms with Crippen LogP contribution in [0.5, 0.6) is 0 Å². The quantitative estimate of drug-likeness (QED) is 0.830. The lowest BCUT2D eigenvalue weighted by Crippen LogP contribution is -2.34. The van der Waals surface area contributed by atoms with Crippen molar-refractivity contribution in [2.45, 2.75) is 31.5 Å². The van der Waals surface area contributed by atoms with Crippen molar-refractivity contribution in [3.05, 3.63) is 55.2 Å². The molecule has 0 saturated carbocycles. The van der Waals surface area contributed by atoms with Gasteiger partial charge in [-0.2, -0.15) is 4.39 Å². The van der Waals surface area contributed by atoms with Crippen LogP contribution in [0.1, 0.15) is 17.5 Å². The second-order valence-corrected chi connectivity index (χ2v) is 6.15. The highest BCUT2D eigenvalue weighted by atomic mass is 32.1. The first-order valence-corrected chi connectivity index (χ1v) is 7.87. The van der Waals surface area contributed by atoms with Crippen molar-refractivity contribution in [2.24, 2.45) is 0 Å². The Bertz CT molecular complexity index is 772. The van der Waals surface area contributed by atoms with E-state index in [1.165, 1.54) is 0 Å². The lowest BCUT2D eigenvalue weighted by molar-refractivity contribution is -0.0656. The molecule has 3 atom stereocenters. The molecule has 0 radical (unpaired) electrons. The average Bonchev–Trinajstić information content (AvgIpc) is 3.17. The highest BCUT2D eigenvalue weighted by molar-refractivity contribution is 7.09. The molecule has 1 saturated heterocycles. The number of aliphatic hydroxyl groups is 1. The van der Waals surface area contributed by atoms with Gasteiger partial charge in [0, 0.05) is 11.3 Å². The second kappa shape index (κ2) is 6.75. The van der Waals surface area contributed by atoms with Crippen LogP contribution in [0.25, 0.3) is 0 Å². The first-order chi connectivity index (χ1) is 11.1. The number of ether oxygens (including phenoxy) is 2. The van der Waals surface area contributed by atoms with E-state index in [1.54, 1.807) is 11.3 Å². The van der Waals surface area contributed by atoms with Crippen molar-refractivity contribution < 1.29 is 19.0 Å². The molecule has 0 aliphatic carbocycles. The molecule has 2 aromatic heterocycles. The molecule has 0 unspecified atom stereocenters. The normalized spacial score (nSPS) is 24.2. The highest BCUT2D eigenvalue weighted by Crippen LogP contribution is 2.30. The fourth-order valence-corrected chi connectivity index (χ4v) is 3.09. The third-order valence-corrected chi connectivity index (χ3v) is 4.46. The molecule has 1 fully saturated rings. The largest absolute Gasteiger partial charge is 0.394 e. The van der Waals surface area contributed by atoms with Crippen LogP contribution in [0.4, 0.5) is 4.39 Å². The maximum absolute atomic E-state index is 13.4. The van der Waals surface area contributed by atoms with Gasteiger partial charge in [0.1, 0.15) is 12.3 Å². The van der Waals surface area contributed by atoms with Crippen molar-refractivity contribution in [1.82, 2.24) is 9.55 Å². The van der Waals surface area contributed by atoms with Crippen LogP contribution in [0.2, 0.25) is 0 Å². The summed E-state index contributed by atoms with van der Waals surface area (Å²) in [5.41, 5.74) is -1.84. The van der Waals surface area contributed by atoms with Crippen molar-refractivity contribution in [1.29, 1.82) is 0 Å². The van der Waals surface area contributed by atoms with Gasteiger partial charge < -0.3 is 14.6 Å². The van der Waals surface area contributed by atoms with Gasteiger partial charge in [-0.1, -0.05) is 6.07 Å². The molecule has 2 aromatic rings. The molecule has 0 aromatic carbocycles. The van der Waals surface area contributed by atoms with Crippen molar-refractivity contribution in [3.63, 3.8) is 0 Å². The molecule has 3 rings (SSSR count). The molecule has 1 aliphatic heterocycles. The number of aromatic amines is 1. The van der Waals surface area contributed by atoms with Gasteiger partial charge in [-0.25, -0.2) is 4.79 Å². The van der Waals surface area contributed by atoms with Crippen LogP contribution in [-0.4, -0.2) is 33.5 Å². The first kappa shape index (κ1) is 16.1. The number of hydrogen-bond donors (Lipinski definition) is 2. The Hall–Kier alpha value is -1.81. The molecule has 9 heteroatoms. The van der Waals surface area contributed by atoms with Gasteiger partial charge >= 0.3 is 5.69 Å². The number of hydrogen-bond acceptors (Lipinski definition) is 6. The number of aromatic nitrogens is 2. The Morgan fingerprint density at radius 2 is 2.35 bits per heavy atom. The van der Waals surface area contributed by atoms with Gasteiger partial charge in [0.15, 0.2) is 0 Å². The highest BCUT2D eigenvalue weighted by Gasteiger charge is 2.37. The summed E-state index contributed by atoms with van der Waals surface area (Å²) in [5, 5.41) is 11.3. The van der Waals surface area contributed by atoms with E-state index in [0.29, 0.717) is 6.61 Å². The Morgan fingerprint density at radius 3 is 3.04 bits per heavy atom. The topological polar surface area (TPSA) is 93.6 Å². The Balaban J connectivity index is 1.74. The predicted molar refractivity (Wildman–Crippen MR) is 79.8 cm³/mol. The molecule has 0 bridgehead atoms. The minimum absolute atomic E-state index is 0.266. The molecule has 0 spiro atoms. The Morgan fingerprint density at radius 1 is 1.52 bits per heavy atom. The zero-order chi connectivity index (χ0) is 16.4. The smallest absolute Gasteiger partial charge is 0.330 e. The summed E-state index contributed by atoms with van der Waals surface area (Å²) in [6.45, 7) is 0.0794. The summed E-state index contributed by atoms with van der Waals surface area (Å²) in [6, 6.07) is 3.83. The fraction of sp³-hybridized carbons (Fsp3) is 0.429. The van der Waals surface area contributed by atoms with Crippen molar-refractivity contribution in [3.8, 4) is 0 Å². The summed E-state index contributed by atoms with van der Waals surface area (Å²) in [6.07, 6.45) is -0.792. The fourth-order valence-electron chi connectivity index (χ4n) is 2.47. The first-order valence-electron chi connectivity index (χ1n) is 6.99. The van der Waals surface area contributed by atoms with Gasteiger partial charge in [-0.3, -0.25) is 14.3 Å². The van der Waals surface area contributed by atoms with Gasteiger partial charge in [-0.15, -0.1) is 11.3 Å². The van der Waals surface area contributed by atoms with Gasteiger partial charge in [0.2, 0.25) is 5.82 Å². The molecule has 124 valence electrons. The van der Waals surface area contributed by atoms with E-state index in [2.05, 4.69) is 0 Å². The zero-order valence-electron chi connectivity index (χ0n) is 12.0. The number of thiophene rings is 1. The summed E-state index contributed by atoms with van der Waals surface area (Å²) >= 11 is 1.55. The third-order valence-electron chi connectivity index (χ3n) is 3.61. The Labute approximate surface area is 133 Å². The summed E-state index contributed by atoms with van der Waals surface area (Å²) in [4.78, 5) is 25.8. The van der Waals surface area contributed by atoms with E-state index in [-0.39, 0.29) is 13.0 Å². The van der Waals surface area contributed by atoms with Crippen LogP contribution < -0.4 is 11.2 Å². The van der Waals surface area contributed by atoms with E-state index in [4.69, 9.17) is 9.47 Å². The predicted octanol–water partition coefficient (Wildman–Crippen LogP) is 0.602. The third kappa shape index (κ3) is 3.42. The number of H-pyrrole nitrogens is 1. The molecule has 1 aliphatic rings. The van der Waals surface area contributed by atoms with Crippen LogP contribution in [0.15, 0.2) is 33.3 Å². The molecular formula is C14H15FN2O5S. The zero-order valence-corrected chi connectivity index (χ0v) is 12.8. The average molecular weight is 342 g/mol. The van der Waals surface area contributed by atoms with E-state index < -0.39 is 35.5 Å². The summed E-state index contributed by atoms with van der Waals surface area (Å²) in [5.74, 6) is -1.07. The van der Waals surface area contributed by atoms with Crippen LogP contribution in [0, 0.1) is 5.82 Å². The van der Waals surface area contributed by atoms with E-state index in [1.807, 2.05) is 22.5 Å². The maximum Gasteiger partial charge on any atom is 0.330 e. The summed E-state index contributed by atoms with van der Waals surface area (Å²) < 4.78 is 25.6. The lowest BCUT2D eigenvalue weighted by Gasteiger charge is -2.16. The molecule has 0 amide bonds. The molecular weight excluding hydrogens is 327 g/mol. The van der Waals surface area contributed by atoms with Crippen molar-refractivity contribution >= 4 is 11.3 Å². The van der Waals surface area contributed by atoms with Crippen molar-refractivity contribution in [2.75, 3.05) is 6.61 Å². The SMILES string of the molecule is O=c1[nH]c(=O)n([C@H]2C[C@H](OCc3cccs3)[C@@H](CO)O2)cc1F. The Kier molecular flexibility index (Phi) is 4.71. The van der Waals surface area contributed by atoms with Gasteiger partial charge in [0.05, 0.1) is 25.5 Å². The number of aliphatic hydroxyl groups excluding tert-OH is 1. The van der Waals surface area contributed by atoms with Crippen LogP contribution in [0.3, 0.4) is 0 Å². The van der Waals surface area contributed by atoms with Gasteiger partial charge in [0.25, 0.3) is 5.56 Å². The standard InChI is InChI=1S/C14H15FN2O5S/c15-9-5-17(14(20)16-13(9)19)12-4-10(11(6-18)22-12)21-7-8-2-1-3-23-8/h1-3,5,10-12,18H,4,6-7H2,(H,16,19,20)/t10-,11+,12+/m0/s1. The lowest BCUT2D eigenvalue weighted by atomic mass is 10.2. The van der Waals surface area contributed by atoms with E-state index in [9.17, 15) is 19.1 Å². The summed E-state index contributed by atoms with van der Waals surface area (Å²) in [7, 11) is 0. The maximum atomic E-state index is 13.4. The van der Waals surface area contributed by atoms with E-state index >= 15 is 0 Å². The molecule has 2 N–H and O–H groups in total. The van der Waals surface area contributed by atoms with Gasteiger partial charge in [-0.05, 0) is 11.4 Å². The molecule has 23 heavy (non-hydrogen) atoms. The van der Waals surface area contributed by atoms with E-state index in [0.717, 1.165) is 15.6 Å². The minimum Gasteiger partial charge on any atom is -0.394 e. The molecule has 7 nitrogen and oxygen atoms in total. The second-order valence-electron chi connectivity index (χ2n) is 5.12. The van der Waals surface area contributed by atoms with Crippen LogP contribution >= 0.6 is 11.3 Å². The number of halogens is 1. The molecule has 3 heterocycles. The number of nitrogens with one attached hydrogen (secondary N) is 1.